The van der Waals surface area contributed by atoms with Crippen molar-refractivity contribution in [3.05, 3.63) is 29.8 Å². The van der Waals surface area contributed by atoms with Crippen molar-refractivity contribution >= 4 is 17.4 Å². The second-order valence-electron chi connectivity index (χ2n) is 7.10. The monoisotopic (exact) mass is 327 g/mol. The van der Waals surface area contributed by atoms with Gasteiger partial charge in [0.05, 0.1) is 11.8 Å². The van der Waals surface area contributed by atoms with Gasteiger partial charge in [0.15, 0.2) is 0 Å². The van der Waals surface area contributed by atoms with E-state index >= 15 is 0 Å². The van der Waals surface area contributed by atoms with Gasteiger partial charge < -0.3 is 15.0 Å². The number of fused-ring (bicyclic) bond motifs is 2. The van der Waals surface area contributed by atoms with E-state index in [-0.39, 0.29) is 17.6 Å². The van der Waals surface area contributed by atoms with Crippen LogP contribution in [0.4, 0.5) is 10.5 Å². The lowest BCUT2D eigenvalue weighted by Gasteiger charge is -2.40. The molecule has 1 unspecified atom stereocenters. The number of aliphatic imine (C=N–C) groups is 1. The van der Waals surface area contributed by atoms with E-state index in [2.05, 4.69) is 30.4 Å². The molecule has 3 aliphatic rings. The molecule has 0 bridgehead atoms. The van der Waals surface area contributed by atoms with Crippen LogP contribution in [0.1, 0.15) is 38.2 Å². The predicted molar refractivity (Wildman–Crippen MR) is 94.1 cm³/mol. The number of carbonyl (C=O) groups is 1. The molecule has 128 valence electrons. The smallest absolute Gasteiger partial charge is 0.317 e. The van der Waals surface area contributed by atoms with Crippen molar-refractivity contribution in [2.75, 3.05) is 26.2 Å². The van der Waals surface area contributed by atoms with Crippen LogP contribution in [0, 0.1) is 0 Å². The van der Waals surface area contributed by atoms with Crippen molar-refractivity contribution in [1.29, 1.82) is 0 Å². The molecule has 1 aromatic rings. The number of rotatable bonds is 2. The van der Waals surface area contributed by atoms with Crippen LogP contribution >= 0.6 is 0 Å². The number of ether oxygens (including phenoxy) is 1. The first-order valence-corrected chi connectivity index (χ1v) is 8.99. The van der Waals surface area contributed by atoms with Crippen molar-refractivity contribution in [3.8, 4) is 0 Å². The first-order valence-electron chi connectivity index (χ1n) is 8.99. The molecule has 0 radical (unpaired) electrons. The number of nitrogens with one attached hydrogen (secondary N) is 1. The first-order chi connectivity index (χ1) is 11.7. The lowest BCUT2D eigenvalue weighted by Crippen LogP contribution is -2.51. The third-order valence-electron chi connectivity index (χ3n) is 5.81. The maximum absolute atomic E-state index is 12.4. The van der Waals surface area contributed by atoms with Gasteiger partial charge in [-0.2, -0.15) is 0 Å². The highest BCUT2D eigenvalue weighted by molar-refractivity contribution is 6.00. The van der Waals surface area contributed by atoms with E-state index in [1.165, 1.54) is 11.3 Å². The Hall–Kier alpha value is -1.88. The summed E-state index contributed by atoms with van der Waals surface area (Å²) in [6.45, 7) is 5.14. The van der Waals surface area contributed by atoms with Gasteiger partial charge in [-0.3, -0.25) is 4.99 Å². The van der Waals surface area contributed by atoms with Gasteiger partial charge in [0.2, 0.25) is 0 Å². The predicted octanol–water partition coefficient (Wildman–Crippen LogP) is 3.01. The van der Waals surface area contributed by atoms with Gasteiger partial charge >= 0.3 is 6.03 Å². The topological polar surface area (TPSA) is 53.9 Å². The normalized spacial score (nSPS) is 24.8. The Morgan fingerprint density at radius 1 is 1.38 bits per heavy atom. The molecule has 3 heterocycles. The Morgan fingerprint density at radius 3 is 2.92 bits per heavy atom. The van der Waals surface area contributed by atoms with Crippen LogP contribution in [0.3, 0.4) is 0 Å². The molecule has 1 atom stereocenters. The van der Waals surface area contributed by atoms with Crippen LogP contribution in [0.2, 0.25) is 0 Å². The number of carbonyl (C=O) groups excluding carboxylic acids is 1. The van der Waals surface area contributed by atoms with Crippen LogP contribution in [0.25, 0.3) is 0 Å². The van der Waals surface area contributed by atoms with Gasteiger partial charge in [-0.15, -0.1) is 0 Å². The van der Waals surface area contributed by atoms with Gasteiger partial charge in [-0.05, 0) is 44.2 Å². The van der Waals surface area contributed by atoms with Crippen LogP contribution in [-0.4, -0.2) is 49.0 Å². The third-order valence-corrected chi connectivity index (χ3v) is 5.81. The van der Waals surface area contributed by atoms with Crippen LogP contribution in [0.5, 0.6) is 0 Å². The summed E-state index contributed by atoms with van der Waals surface area (Å²) in [5.74, 6) is 0. The molecule has 1 N–H and O–H groups in total. The molecule has 24 heavy (non-hydrogen) atoms. The van der Waals surface area contributed by atoms with Crippen LogP contribution < -0.4 is 5.32 Å². The van der Waals surface area contributed by atoms with Crippen LogP contribution in [-0.2, 0) is 10.2 Å². The second-order valence-corrected chi connectivity index (χ2v) is 7.10. The number of urea groups is 1. The molecule has 2 fully saturated rings. The van der Waals surface area contributed by atoms with Crippen molar-refractivity contribution < 1.29 is 9.53 Å². The zero-order valence-corrected chi connectivity index (χ0v) is 14.3. The highest BCUT2D eigenvalue weighted by Gasteiger charge is 2.44. The SMILES string of the molecule is CC1=Nc2ccccc2C12CCN(C(=O)NCC1CCCO1)CC2. The van der Waals surface area contributed by atoms with E-state index < -0.39 is 0 Å². The second kappa shape index (κ2) is 6.20. The van der Waals surface area contributed by atoms with Crippen molar-refractivity contribution in [1.82, 2.24) is 10.2 Å². The first kappa shape index (κ1) is 15.6. The summed E-state index contributed by atoms with van der Waals surface area (Å²) in [5.41, 5.74) is 3.67. The fourth-order valence-corrected chi connectivity index (χ4v) is 4.30. The molecule has 2 saturated heterocycles. The largest absolute Gasteiger partial charge is 0.376 e. The molecule has 2 amide bonds. The van der Waals surface area contributed by atoms with Crippen molar-refractivity contribution in [2.45, 2.75) is 44.1 Å². The van der Waals surface area contributed by atoms with Gasteiger partial charge in [-0.1, -0.05) is 18.2 Å². The molecule has 0 aromatic heterocycles. The summed E-state index contributed by atoms with van der Waals surface area (Å²) in [4.78, 5) is 19.1. The lowest BCUT2D eigenvalue weighted by molar-refractivity contribution is 0.107. The quantitative estimate of drug-likeness (QED) is 0.908. The molecule has 3 aliphatic heterocycles. The standard InChI is InChI=1S/C19H25N3O2/c1-14-19(16-6-2-3-7-17(16)21-14)8-10-22(11-9-19)18(23)20-13-15-5-4-12-24-15/h2-3,6-7,15H,4-5,8-13H2,1H3,(H,20,23). The van der Waals surface area contributed by atoms with Gasteiger partial charge in [0.1, 0.15) is 0 Å². The summed E-state index contributed by atoms with van der Waals surface area (Å²) < 4.78 is 5.57. The third kappa shape index (κ3) is 2.61. The van der Waals surface area contributed by atoms with E-state index in [1.54, 1.807) is 0 Å². The minimum Gasteiger partial charge on any atom is -0.376 e. The fourth-order valence-electron chi connectivity index (χ4n) is 4.30. The van der Waals surface area contributed by atoms with Gasteiger partial charge in [-0.25, -0.2) is 4.79 Å². The summed E-state index contributed by atoms with van der Waals surface area (Å²) in [6, 6.07) is 8.47. The average Bonchev–Trinajstić information content (AvgIpc) is 3.21. The Labute approximate surface area is 143 Å². The van der Waals surface area contributed by atoms with Gasteiger partial charge in [0, 0.05) is 37.4 Å². The van der Waals surface area contributed by atoms with E-state index in [1.807, 2.05) is 11.0 Å². The van der Waals surface area contributed by atoms with Gasteiger partial charge in [0.25, 0.3) is 0 Å². The summed E-state index contributed by atoms with van der Waals surface area (Å²) in [5, 5.41) is 3.04. The molecule has 5 heteroatoms. The number of amides is 2. The fraction of sp³-hybridized carbons (Fsp3) is 0.579. The van der Waals surface area contributed by atoms with E-state index in [4.69, 9.17) is 9.73 Å². The lowest BCUT2D eigenvalue weighted by atomic mass is 9.71. The molecule has 0 saturated carbocycles. The molecular formula is C19H25N3O2. The Balaban J connectivity index is 1.38. The van der Waals surface area contributed by atoms with E-state index in [0.29, 0.717) is 6.54 Å². The minimum atomic E-state index is 0.0297. The number of piperidine rings is 1. The zero-order valence-electron chi connectivity index (χ0n) is 14.3. The summed E-state index contributed by atoms with van der Waals surface area (Å²) in [6.07, 6.45) is 4.25. The minimum absolute atomic E-state index is 0.0297. The molecule has 1 spiro atoms. The number of benzene rings is 1. The van der Waals surface area contributed by atoms with Crippen LogP contribution in [0.15, 0.2) is 29.3 Å². The molecular weight excluding hydrogens is 302 g/mol. The number of hydrogen-bond acceptors (Lipinski definition) is 3. The van der Waals surface area contributed by atoms with E-state index in [0.717, 1.165) is 51.1 Å². The number of hydrogen-bond donors (Lipinski definition) is 1. The molecule has 5 nitrogen and oxygen atoms in total. The molecule has 0 aliphatic carbocycles. The Bertz CT molecular complexity index is 656. The summed E-state index contributed by atoms with van der Waals surface area (Å²) >= 11 is 0. The Kier molecular flexibility index (Phi) is 4.04. The molecule has 1 aromatic carbocycles. The highest BCUT2D eigenvalue weighted by Crippen LogP contribution is 2.46. The molecule has 4 rings (SSSR count). The van der Waals surface area contributed by atoms with Crippen molar-refractivity contribution in [2.24, 2.45) is 4.99 Å². The maximum Gasteiger partial charge on any atom is 0.317 e. The zero-order chi connectivity index (χ0) is 16.6. The number of likely N-dealkylation sites (tertiary alicyclic amines) is 1. The number of nitrogens with zero attached hydrogens (tertiary/aromatic N) is 2. The van der Waals surface area contributed by atoms with Crippen molar-refractivity contribution in [3.63, 3.8) is 0 Å². The highest BCUT2D eigenvalue weighted by atomic mass is 16.5. The Morgan fingerprint density at radius 2 is 2.17 bits per heavy atom. The van der Waals surface area contributed by atoms with E-state index in [9.17, 15) is 4.79 Å². The summed E-state index contributed by atoms with van der Waals surface area (Å²) in [7, 11) is 0. The maximum atomic E-state index is 12.4. The number of para-hydroxylation sites is 1. The average molecular weight is 327 g/mol.